The van der Waals surface area contributed by atoms with Crippen LogP contribution < -0.4 is 0 Å². The summed E-state index contributed by atoms with van der Waals surface area (Å²) in [6.45, 7) is 0. The van der Waals surface area contributed by atoms with Gasteiger partial charge in [0.25, 0.3) is 0 Å². The van der Waals surface area contributed by atoms with Crippen molar-refractivity contribution in [3.63, 3.8) is 0 Å². The third-order valence-corrected chi connectivity index (χ3v) is 8.25. The lowest BCUT2D eigenvalue weighted by atomic mass is 9.84. The van der Waals surface area contributed by atoms with Crippen LogP contribution in [0.4, 0.5) is 0 Å². The van der Waals surface area contributed by atoms with Gasteiger partial charge in [-0.1, -0.05) is 145 Å². The van der Waals surface area contributed by atoms with Crippen LogP contribution in [0, 0.1) is 0 Å². The van der Waals surface area contributed by atoms with Crippen molar-refractivity contribution < 1.29 is 18.1 Å². The highest BCUT2D eigenvalue weighted by molar-refractivity contribution is 6.23. The fourth-order valence-corrected chi connectivity index (χ4v) is 6.31. The molecule has 0 atom stereocenters. The summed E-state index contributed by atoms with van der Waals surface area (Å²) in [6, 6.07) is 30.2. The molecule has 45 heavy (non-hydrogen) atoms. The average molecular weight is 583 g/mol. The summed E-state index contributed by atoms with van der Waals surface area (Å²) in [5.74, 6) is 0. The Morgan fingerprint density at radius 3 is 1.60 bits per heavy atom. The maximum Gasteiger partial charge on any atom is 0.136 e. The van der Waals surface area contributed by atoms with Gasteiger partial charge in [-0.2, -0.15) is 0 Å². The highest BCUT2D eigenvalue weighted by Gasteiger charge is 2.20. The van der Waals surface area contributed by atoms with Gasteiger partial charge in [-0.3, -0.25) is 0 Å². The van der Waals surface area contributed by atoms with Gasteiger partial charge in [0, 0.05) is 10.8 Å². The van der Waals surface area contributed by atoms with Crippen LogP contribution in [-0.4, -0.2) is 0 Å². The summed E-state index contributed by atoms with van der Waals surface area (Å²) < 4.78 is 96.7. The number of hydrogen-bond acceptors (Lipinski definition) is 1. The van der Waals surface area contributed by atoms with Crippen LogP contribution in [0.1, 0.15) is 13.7 Å². The minimum Gasteiger partial charge on any atom is -0.456 e. The van der Waals surface area contributed by atoms with Crippen molar-refractivity contribution in [3.8, 4) is 44.5 Å². The second-order valence-electron chi connectivity index (χ2n) is 10.8. The minimum atomic E-state index is -0.463. The largest absolute Gasteiger partial charge is 0.456 e. The van der Waals surface area contributed by atoms with Crippen molar-refractivity contribution >= 4 is 43.5 Å². The van der Waals surface area contributed by atoms with Crippen LogP contribution >= 0.6 is 0 Å². The molecule has 1 heteroatoms. The molecule has 1 nitrogen and oxygen atoms in total. The molecule has 0 amide bonds. The molecule has 0 N–H and O–H groups in total. The lowest BCUT2D eigenvalue weighted by molar-refractivity contribution is 0.669. The molecule has 8 aromatic carbocycles. The minimum absolute atomic E-state index is 0.0170. The molecule has 0 saturated heterocycles. The van der Waals surface area contributed by atoms with E-state index >= 15 is 0 Å². The molecule has 0 aliphatic heterocycles. The van der Waals surface area contributed by atoms with Crippen LogP contribution in [-0.2, 0) is 0 Å². The van der Waals surface area contributed by atoms with Crippen molar-refractivity contribution in [2.45, 2.75) is 0 Å². The molecule has 9 rings (SSSR count). The Morgan fingerprint density at radius 2 is 0.933 bits per heavy atom. The maximum atomic E-state index is 9.93. The van der Waals surface area contributed by atoms with E-state index in [1.54, 1.807) is 24.3 Å². The molecule has 210 valence electrons. The van der Waals surface area contributed by atoms with Crippen LogP contribution in [0.25, 0.3) is 88.0 Å². The fraction of sp³-hybridized carbons (Fsp3) is 0. The van der Waals surface area contributed by atoms with E-state index in [1.807, 2.05) is 84.9 Å². The zero-order valence-electron chi connectivity index (χ0n) is 33.8. The first-order valence-electron chi connectivity index (χ1n) is 19.6. The van der Waals surface area contributed by atoms with Gasteiger partial charge >= 0.3 is 0 Å². The Balaban J connectivity index is 1.48. The molecule has 0 bridgehead atoms. The third kappa shape index (κ3) is 4.17. The number of para-hydroxylation sites is 1. The van der Waals surface area contributed by atoms with Crippen LogP contribution in [0.3, 0.4) is 0 Å². The van der Waals surface area contributed by atoms with Crippen molar-refractivity contribution in [1.82, 2.24) is 0 Å². The molecule has 0 radical (unpaired) electrons. The van der Waals surface area contributed by atoms with Gasteiger partial charge in [0.15, 0.2) is 0 Å². The number of furan rings is 1. The molecule has 0 fully saturated rings. The molecule has 0 aliphatic carbocycles. The van der Waals surface area contributed by atoms with Gasteiger partial charge < -0.3 is 4.42 Å². The van der Waals surface area contributed by atoms with E-state index in [-0.39, 0.29) is 87.0 Å². The topological polar surface area (TPSA) is 13.1 Å². The molecule has 0 aliphatic rings. The van der Waals surface area contributed by atoms with Crippen LogP contribution in [0.5, 0.6) is 0 Å². The van der Waals surface area contributed by atoms with E-state index in [9.17, 15) is 5.48 Å². The van der Waals surface area contributed by atoms with E-state index in [2.05, 4.69) is 0 Å². The van der Waals surface area contributed by atoms with E-state index in [4.69, 9.17) is 12.6 Å². The first-order chi connectivity index (χ1) is 26.5. The third-order valence-electron chi connectivity index (χ3n) is 8.25. The molecule has 0 spiro atoms. The predicted octanol–water partition coefficient (Wildman–Crippen LogP) is 12.6. The molecule has 0 unspecified atom stereocenters. The Kier molecular flexibility index (Phi) is 4.01. The standard InChI is InChI=1S/C44H28O/c1-3-14-29(15-4-1)31-18-13-19-32(26-31)42-34-20-7-9-22-36(34)43(37-23-10-8-21-35(37)42)33-27-39(30-16-5-2-6-17-30)44-38-24-11-12-25-40(38)45-41(44)28-33/h1-28H/i11D,12D,13D,18D,19D,24D,25D,26D,27D,28D. The number of hydrogen-bond donors (Lipinski definition) is 0. The lowest BCUT2D eigenvalue weighted by Gasteiger charge is -2.19. The van der Waals surface area contributed by atoms with Gasteiger partial charge in [-0.15, -0.1) is 0 Å². The summed E-state index contributed by atoms with van der Waals surface area (Å²) in [7, 11) is 0. The van der Waals surface area contributed by atoms with Crippen LogP contribution in [0.2, 0.25) is 0 Å². The quantitative estimate of drug-likeness (QED) is 0.188. The van der Waals surface area contributed by atoms with Crippen molar-refractivity contribution in [2.24, 2.45) is 0 Å². The average Bonchev–Trinajstić information content (AvgIpc) is 3.61. The SMILES string of the molecule is [2H]c1c([2H])c(-c2ccccc2)c([2H])c(-c2c3ccccc3c(-c3c([2H])c(-c4ccccc4)c4c(oc5c([2H])c([2H])c([2H])c([2H])c54)c3[2H])c3ccccc23)c1[2H]. The molecular weight excluding hydrogens is 544 g/mol. The second kappa shape index (κ2) is 10.4. The highest BCUT2D eigenvalue weighted by atomic mass is 16.3. The predicted molar refractivity (Wildman–Crippen MR) is 190 cm³/mol. The van der Waals surface area contributed by atoms with Gasteiger partial charge in [-0.25, -0.2) is 0 Å². The zero-order valence-corrected chi connectivity index (χ0v) is 23.8. The van der Waals surface area contributed by atoms with Gasteiger partial charge in [0.05, 0.1) is 13.7 Å². The van der Waals surface area contributed by atoms with Crippen LogP contribution in [0.15, 0.2) is 174 Å². The monoisotopic (exact) mass is 582 g/mol. The first kappa shape index (κ1) is 17.4. The smallest absolute Gasteiger partial charge is 0.136 e. The summed E-state index contributed by atoms with van der Waals surface area (Å²) in [4.78, 5) is 0. The van der Waals surface area contributed by atoms with Crippen molar-refractivity contribution in [1.29, 1.82) is 0 Å². The molecule has 0 saturated carbocycles. The summed E-state index contributed by atoms with van der Waals surface area (Å²) >= 11 is 0. The lowest BCUT2D eigenvalue weighted by Crippen LogP contribution is -1.92. The molecule has 1 aromatic heterocycles. The molecule has 9 aromatic rings. The van der Waals surface area contributed by atoms with E-state index < -0.39 is 12.1 Å². The highest BCUT2D eigenvalue weighted by Crippen LogP contribution is 2.47. The molecule has 1 heterocycles. The fourth-order valence-electron chi connectivity index (χ4n) is 6.31. The Morgan fingerprint density at radius 1 is 0.378 bits per heavy atom. The van der Waals surface area contributed by atoms with Crippen molar-refractivity contribution in [2.75, 3.05) is 0 Å². The number of benzene rings is 8. The van der Waals surface area contributed by atoms with Gasteiger partial charge in [0.2, 0.25) is 0 Å². The Labute approximate surface area is 275 Å². The summed E-state index contributed by atoms with van der Waals surface area (Å²) in [5.41, 5.74) is 3.14. The zero-order chi connectivity index (χ0) is 38.4. The summed E-state index contributed by atoms with van der Waals surface area (Å²) in [6.07, 6.45) is 0. The van der Waals surface area contributed by atoms with Gasteiger partial charge in [0.1, 0.15) is 11.2 Å². The maximum absolute atomic E-state index is 9.93. The van der Waals surface area contributed by atoms with E-state index in [1.165, 1.54) is 0 Å². The normalized spacial score (nSPS) is 14.7. The Bertz CT molecular complexity index is 3030. The number of rotatable bonds is 4. The molecular formula is C44H28O. The number of fused-ring (bicyclic) bond motifs is 5. The van der Waals surface area contributed by atoms with Crippen molar-refractivity contribution in [3.05, 3.63) is 170 Å². The summed E-state index contributed by atoms with van der Waals surface area (Å²) in [5, 5.41) is 2.79. The van der Waals surface area contributed by atoms with Gasteiger partial charge in [-0.05, 0) is 90.2 Å². The first-order valence-corrected chi connectivity index (χ1v) is 14.6. The Hall–Kier alpha value is -5.92. The van der Waals surface area contributed by atoms with E-state index in [0.717, 1.165) is 0 Å². The second-order valence-corrected chi connectivity index (χ2v) is 10.8. The van der Waals surface area contributed by atoms with E-state index in [0.29, 0.717) is 49.4 Å².